The van der Waals surface area contributed by atoms with Crippen LogP contribution in [0.1, 0.15) is 43.7 Å². The number of hydrogen-bond acceptors (Lipinski definition) is 1. The smallest absolute Gasteiger partial charge is 0.123 e. The maximum atomic E-state index is 12.2. The third-order valence-corrected chi connectivity index (χ3v) is 7.05. The van der Waals surface area contributed by atoms with E-state index in [1.54, 1.807) is 0 Å². The van der Waals surface area contributed by atoms with E-state index in [4.69, 9.17) is 0 Å². The fourth-order valence-corrected chi connectivity index (χ4v) is 5.55. The molecule has 0 radical (unpaired) electrons. The van der Waals surface area contributed by atoms with Crippen LogP contribution in [0.3, 0.4) is 0 Å². The van der Waals surface area contributed by atoms with Crippen LogP contribution in [0.25, 0.3) is 0 Å². The number of aliphatic hydroxyl groups is 1. The summed E-state index contributed by atoms with van der Waals surface area (Å²) >= 11 is 0. The first-order chi connectivity index (χ1) is 12.7. The highest BCUT2D eigenvalue weighted by atomic mass is 16.3. The Balaban J connectivity index is 1.75. The van der Waals surface area contributed by atoms with Crippen LogP contribution in [0.2, 0.25) is 0 Å². The lowest BCUT2D eigenvalue weighted by molar-refractivity contribution is -0.948. The van der Waals surface area contributed by atoms with Crippen LogP contribution in [0.15, 0.2) is 60.7 Å². The number of nitrogens with zero attached hydrogens (tertiary/aromatic N) is 1. The van der Waals surface area contributed by atoms with Crippen LogP contribution >= 0.6 is 0 Å². The van der Waals surface area contributed by atoms with Gasteiger partial charge in [0.1, 0.15) is 5.60 Å². The molecule has 1 N–H and O–H groups in total. The molecule has 138 valence electrons. The van der Waals surface area contributed by atoms with Crippen LogP contribution in [-0.2, 0) is 5.60 Å². The molecular weight excluding hydrogens is 318 g/mol. The molecule has 26 heavy (non-hydrogen) atoms. The predicted molar refractivity (Wildman–Crippen MR) is 107 cm³/mol. The molecule has 2 aromatic carbocycles. The van der Waals surface area contributed by atoms with Crippen molar-refractivity contribution in [2.45, 2.75) is 38.2 Å². The predicted octanol–water partition coefficient (Wildman–Crippen LogP) is 4.58. The molecule has 3 fully saturated rings. The highest BCUT2D eigenvalue weighted by Gasteiger charge is 2.54. The molecule has 3 aliphatic heterocycles. The lowest BCUT2D eigenvalue weighted by Crippen LogP contribution is -2.65. The van der Waals surface area contributed by atoms with Gasteiger partial charge in [-0.25, -0.2) is 0 Å². The topological polar surface area (TPSA) is 20.2 Å². The summed E-state index contributed by atoms with van der Waals surface area (Å²) in [7, 11) is 0. The number of hydrogen-bond donors (Lipinski definition) is 1. The average Bonchev–Trinajstić information content (AvgIpc) is 2.74. The Morgan fingerprint density at radius 1 is 0.923 bits per heavy atom. The summed E-state index contributed by atoms with van der Waals surface area (Å²) in [5.41, 5.74) is 1.22. The van der Waals surface area contributed by atoms with E-state index in [9.17, 15) is 5.11 Å². The van der Waals surface area contributed by atoms with Gasteiger partial charge in [0.25, 0.3) is 0 Å². The molecule has 0 unspecified atom stereocenters. The lowest BCUT2D eigenvalue weighted by atomic mass is 9.64. The summed E-state index contributed by atoms with van der Waals surface area (Å²) in [6, 6.07) is 20.8. The van der Waals surface area contributed by atoms with E-state index < -0.39 is 5.60 Å². The van der Waals surface area contributed by atoms with E-state index in [1.807, 2.05) is 12.1 Å². The molecule has 2 aromatic rings. The molecule has 5 rings (SSSR count). The summed E-state index contributed by atoms with van der Waals surface area (Å²) < 4.78 is 1.22. The minimum absolute atomic E-state index is 0.298. The second-order valence-corrected chi connectivity index (χ2v) is 8.49. The Hall–Kier alpha value is -1.64. The Bertz CT molecular complexity index is 664. The van der Waals surface area contributed by atoms with E-state index in [2.05, 4.69) is 55.5 Å². The van der Waals surface area contributed by atoms with Gasteiger partial charge in [0.15, 0.2) is 0 Å². The van der Waals surface area contributed by atoms with Crippen LogP contribution in [0, 0.1) is 11.8 Å². The normalized spacial score (nSPS) is 28.2. The van der Waals surface area contributed by atoms with Crippen molar-refractivity contribution in [3.63, 3.8) is 0 Å². The zero-order valence-electron chi connectivity index (χ0n) is 16.0. The summed E-state index contributed by atoms with van der Waals surface area (Å²) in [5.74, 6) is 0.925. The summed E-state index contributed by atoms with van der Waals surface area (Å²) in [6.45, 7) is 7.29. The second kappa shape index (κ2) is 7.17. The SMILES string of the molecule is CCCC[N+]12CCC(CC1)[C@H](C(O)(c1ccccc1)c1ccccc1)C2. The summed E-state index contributed by atoms with van der Waals surface area (Å²) in [6.07, 6.45) is 5.08. The molecule has 3 aliphatic rings. The van der Waals surface area contributed by atoms with Crippen molar-refractivity contribution in [1.29, 1.82) is 0 Å². The molecule has 2 nitrogen and oxygen atoms in total. The van der Waals surface area contributed by atoms with Crippen LogP contribution in [-0.4, -0.2) is 35.8 Å². The highest BCUT2D eigenvalue weighted by molar-refractivity contribution is 5.37. The molecule has 2 heteroatoms. The number of fused-ring (bicyclic) bond motifs is 3. The lowest BCUT2D eigenvalue weighted by Gasteiger charge is -2.56. The minimum Gasteiger partial charge on any atom is -0.380 e. The first-order valence-corrected chi connectivity index (χ1v) is 10.4. The first-order valence-electron chi connectivity index (χ1n) is 10.4. The number of benzene rings is 2. The third-order valence-electron chi connectivity index (χ3n) is 7.05. The molecule has 0 amide bonds. The summed E-state index contributed by atoms with van der Waals surface area (Å²) in [5, 5.41) is 12.2. The fraction of sp³-hybridized carbons (Fsp3) is 0.500. The van der Waals surface area contributed by atoms with Crippen molar-refractivity contribution in [2.24, 2.45) is 11.8 Å². The van der Waals surface area contributed by atoms with Gasteiger partial charge < -0.3 is 9.59 Å². The second-order valence-electron chi connectivity index (χ2n) is 8.49. The van der Waals surface area contributed by atoms with E-state index >= 15 is 0 Å². The van der Waals surface area contributed by atoms with Crippen LogP contribution < -0.4 is 0 Å². The first kappa shape index (κ1) is 17.8. The molecule has 0 aromatic heterocycles. The fourth-order valence-electron chi connectivity index (χ4n) is 5.55. The van der Waals surface area contributed by atoms with Gasteiger partial charge in [-0.3, -0.25) is 0 Å². The van der Waals surface area contributed by atoms with Gasteiger partial charge in [0.05, 0.1) is 26.2 Å². The van der Waals surface area contributed by atoms with Crippen molar-refractivity contribution < 1.29 is 9.59 Å². The summed E-state index contributed by atoms with van der Waals surface area (Å²) in [4.78, 5) is 0. The highest BCUT2D eigenvalue weighted by Crippen LogP contribution is 2.49. The number of quaternary nitrogens is 1. The molecular formula is C24H32NO+. The average molecular weight is 351 g/mol. The van der Waals surface area contributed by atoms with Crippen molar-refractivity contribution in [3.8, 4) is 0 Å². The molecule has 1 atom stereocenters. The van der Waals surface area contributed by atoms with Gasteiger partial charge in [-0.2, -0.15) is 0 Å². The van der Waals surface area contributed by atoms with E-state index in [0.717, 1.165) is 17.7 Å². The Morgan fingerprint density at radius 3 is 1.96 bits per heavy atom. The Kier molecular flexibility index (Phi) is 4.90. The molecule has 0 aliphatic carbocycles. The van der Waals surface area contributed by atoms with E-state index in [0.29, 0.717) is 11.8 Å². The van der Waals surface area contributed by atoms with Gasteiger partial charge in [0.2, 0.25) is 0 Å². The van der Waals surface area contributed by atoms with E-state index in [1.165, 1.54) is 49.8 Å². The zero-order chi connectivity index (χ0) is 18.0. The minimum atomic E-state index is -0.885. The number of piperidine rings is 3. The number of rotatable bonds is 6. The van der Waals surface area contributed by atoms with Crippen molar-refractivity contribution in [3.05, 3.63) is 71.8 Å². The largest absolute Gasteiger partial charge is 0.380 e. The molecule has 3 heterocycles. The van der Waals surface area contributed by atoms with Crippen molar-refractivity contribution in [2.75, 3.05) is 26.2 Å². The maximum absolute atomic E-state index is 12.2. The molecule has 0 spiro atoms. The maximum Gasteiger partial charge on any atom is 0.123 e. The molecule has 3 saturated heterocycles. The van der Waals surface area contributed by atoms with E-state index in [-0.39, 0.29) is 0 Å². The van der Waals surface area contributed by atoms with Gasteiger partial charge in [0, 0.05) is 18.8 Å². The van der Waals surface area contributed by atoms with Crippen molar-refractivity contribution in [1.82, 2.24) is 0 Å². The van der Waals surface area contributed by atoms with Gasteiger partial charge in [-0.15, -0.1) is 0 Å². The van der Waals surface area contributed by atoms with Gasteiger partial charge in [-0.1, -0.05) is 74.0 Å². The van der Waals surface area contributed by atoms with Gasteiger partial charge in [-0.05, 0) is 23.5 Å². The Morgan fingerprint density at radius 2 is 1.46 bits per heavy atom. The van der Waals surface area contributed by atoms with Gasteiger partial charge >= 0.3 is 0 Å². The van der Waals surface area contributed by atoms with Crippen molar-refractivity contribution >= 4 is 0 Å². The third kappa shape index (κ3) is 3.00. The monoisotopic (exact) mass is 350 g/mol. The van der Waals surface area contributed by atoms with Crippen LogP contribution in [0.5, 0.6) is 0 Å². The zero-order valence-corrected chi connectivity index (χ0v) is 16.0. The van der Waals surface area contributed by atoms with Crippen LogP contribution in [0.4, 0.5) is 0 Å². The molecule has 0 saturated carbocycles. The quantitative estimate of drug-likeness (QED) is 0.756. The Labute approximate surface area is 158 Å². The number of unbranched alkanes of at least 4 members (excludes halogenated alkanes) is 1. The standard InChI is InChI=1S/C24H32NO/c1-2-3-16-25-17-14-20(15-18-25)23(19-25)24(26,21-10-6-4-7-11-21)22-12-8-5-9-13-22/h4-13,20,23,26H,2-3,14-19H2,1H3/q+1/t20?,23-,25?/m1/s1. The molecule has 2 bridgehead atoms.